The van der Waals surface area contributed by atoms with Gasteiger partial charge in [-0.05, 0) is 31.6 Å². The predicted molar refractivity (Wildman–Crippen MR) is 56.6 cm³/mol. The summed E-state index contributed by atoms with van der Waals surface area (Å²) >= 11 is 0. The number of fused-ring (bicyclic) bond motifs is 5. The second-order valence-electron chi connectivity index (χ2n) is 5.23. The van der Waals surface area contributed by atoms with Gasteiger partial charge >= 0.3 is 0 Å². The zero-order valence-corrected chi connectivity index (χ0v) is 8.99. The van der Waals surface area contributed by atoms with E-state index >= 15 is 0 Å². The van der Waals surface area contributed by atoms with Gasteiger partial charge in [0.1, 0.15) is 5.60 Å². The molecule has 3 rings (SSSR count). The van der Waals surface area contributed by atoms with Gasteiger partial charge in [0.05, 0.1) is 5.76 Å². The van der Waals surface area contributed by atoms with E-state index in [-0.39, 0.29) is 5.60 Å². The third kappa shape index (κ3) is 0.813. The van der Waals surface area contributed by atoms with Crippen LogP contribution in [0.3, 0.4) is 0 Å². The second-order valence-corrected chi connectivity index (χ2v) is 5.23. The Morgan fingerprint density at radius 2 is 2.21 bits per heavy atom. The van der Waals surface area contributed by atoms with Crippen LogP contribution in [0.2, 0.25) is 0 Å². The Morgan fingerprint density at radius 1 is 1.50 bits per heavy atom. The first-order valence-corrected chi connectivity index (χ1v) is 5.72. The minimum atomic E-state index is 0.0614. The number of hydrogen-bond acceptors (Lipinski definition) is 1. The fourth-order valence-electron chi connectivity index (χ4n) is 3.84. The van der Waals surface area contributed by atoms with Crippen molar-refractivity contribution >= 4 is 0 Å². The van der Waals surface area contributed by atoms with Gasteiger partial charge < -0.3 is 4.74 Å². The molecule has 1 nitrogen and oxygen atoms in total. The average Bonchev–Trinajstić information content (AvgIpc) is 2.80. The van der Waals surface area contributed by atoms with Crippen molar-refractivity contribution in [3.63, 3.8) is 0 Å². The molecule has 0 amide bonds. The van der Waals surface area contributed by atoms with Crippen LogP contribution in [0.25, 0.3) is 0 Å². The fraction of sp³-hybridized carbons (Fsp3) is 0.692. The molecule has 76 valence electrons. The Kier molecular flexibility index (Phi) is 1.50. The van der Waals surface area contributed by atoms with Crippen molar-refractivity contribution < 1.29 is 4.74 Å². The van der Waals surface area contributed by atoms with Gasteiger partial charge in [-0.2, -0.15) is 0 Å². The maximum absolute atomic E-state index is 6.01. The summed E-state index contributed by atoms with van der Waals surface area (Å²) in [6.45, 7) is 8.59. The highest BCUT2D eigenvalue weighted by molar-refractivity contribution is 5.26. The topological polar surface area (TPSA) is 9.23 Å². The van der Waals surface area contributed by atoms with E-state index in [1.807, 2.05) is 0 Å². The summed E-state index contributed by atoms with van der Waals surface area (Å²) in [5, 5.41) is 0. The summed E-state index contributed by atoms with van der Waals surface area (Å²) in [6, 6.07) is 0. The van der Waals surface area contributed by atoms with E-state index in [0.717, 1.165) is 24.0 Å². The number of ether oxygens (including phenoxy) is 1. The Hall–Kier alpha value is -0.720. The van der Waals surface area contributed by atoms with Crippen LogP contribution in [0.1, 0.15) is 26.7 Å². The SMILES string of the molecule is C=C1OC(C)(CC)C2C3C=CC(C3)C12. The lowest BCUT2D eigenvalue weighted by molar-refractivity contribution is 0.0100. The molecule has 0 aromatic heterocycles. The Labute approximate surface area is 85.8 Å². The fourth-order valence-corrected chi connectivity index (χ4v) is 3.84. The average molecular weight is 190 g/mol. The Bertz CT molecular complexity index is 317. The highest BCUT2D eigenvalue weighted by Gasteiger charge is 2.59. The molecular formula is C13H18O. The van der Waals surface area contributed by atoms with Gasteiger partial charge in [0, 0.05) is 11.8 Å². The van der Waals surface area contributed by atoms with E-state index in [9.17, 15) is 0 Å². The summed E-state index contributed by atoms with van der Waals surface area (Å²) < 4.78 is 6.01. The predicted octanol–water partition coefficient (Wildman–Crippen LogP) is 3.14. The molecular weight excluding hydrogens is 172 g/mol. The largest absolute Gasteiger partial charge is 0.492 e. The van der Waals surface area contributed by atoms with Crippen molar-refractivity contribution in [2.75, 3.05) is 0 Å². The maximum Gasteiger partial charge on any atom is 0.110 e. The van der Waals surface area contributed by atoms with E-state index in [4.69, 9.17) is 4.74 Å². The zero-order chi connectivity index (χ0) is 9.92. The quantitative estimate of drug-likeness (QED) is 0.577. The van der Waals surface area contributed by atoms with Crippen LogP contribution in [0.15, 0.2) is 24.5 Å². The summed E-state index contributed by atoms with van der Waals surface area (Å²) in [7, 11) is 0. The molecule has 3 aliphatic rings. The van der Waals surface area contributed by atoms with Gasteiger partial charge in [0.25, 0.3) is 0 Å². The highest BCUT2D eigenvalue weighted by Crippen LogP contribution is 2.60. The van der Waals surface area contributed by atoms with Crippen LogP contribution < -0.4 is 0 Å². The van der Waals surface area contributed by atoms with E-state index in [1.165, 1.54) is 6.42 Å². The molecule has 0 aromatic carbocycles. The van der Waals surface area contributed by atoms with Gasteiger partial charge in [-0.1, -0.05) is 25.7 Å². The molecule has 2 fully saturated rings. The summed E-state index contributed by atoms with van der Waals surface area (Å²) in [4.78, 5) is 0. The first kappa shape index (κ1) is 8.58. The molecule has 1 saturated heterocycles. The van der Waals surface area contributed by atoms with Gasteiger partial charge in [-0.3, -0.25) is 0 Å². The van der Waals surface area contributed by atoms with Crippen LogP contribution in [-0.4, -0.2) is 5.60 Å². The molecule has 0 N–H and O–H groups in total. The zero-order valence-electron chi connectivity index (χ0n) is 8.99. The van der Waals surface area contributed by atoms with Crippen LogP contribution in [0, 0.1) is 23.7 Å². The molecule has 14 heavy (non-hydrogen) atoms. The van der Waals surface area contributed by atoms with Gasteiger partial charge in [0.15, 0.2) is 0 Å². The molecule has 2 bridgehead atoms. The van der Waals surface area contributed by atoms with Gasteiger partial charge in [-0.25, -0.2) is 0 Å². The van der Waals surface area contributed by atoms with E-state index in [2.05, 4.69) is 32.6 Å². The van der Waals surface area contributed by atoms with Crippen molar-refractivity contribution in [1.82, 2.24) is 0 Å². The van der Waals surface area contributed by atoms with Crippen molar-refractivity contribution in [2.24, 2.45) is 23.7 Å². The lowest BCUT2D eigenvalue weighted by Crippen LogP contribution is -2.35. The molecule has 1 heterocycles. The van der Waals surface area contributed by atoms with Crippen molar-refractivity contribution in [3.8, 4) is 0 Å². The van der Waals surface area contributed by atoms with Crippen molar-refractivity contribution in [2.45, 2.75) is 32.3 Å². The molecule has 0 radical (unpaired) electrons. The summed E-state index contributed by atoms with van der Waals surface area (Å²) in [6.07, 6.45) is 7.22. The standard InChI is InChI=1S/C13H18O/c1-4-13(3)12-10-6-5-9(7-10)11(12)8(2)14-13/h5-6,9-12H,2,4,7H2,1,3H3. The van der Waals surface area contributed by atoms with Crippen molar-refractivity contribution in [1.29, 1.82) is 0 Å². The highest BCUT2D eigenvalue weighted by atomic mass is 16.5. The maximum atomic E-state index is 6.01. The molecule has 5 unspecified atom stereocenters. The van der Waals surface area contributed by atoms with Crippen LogP contribution in [0.4, 0.5) is 0 Å². The molecule has 1 saturated carbocycles. The Balaban J connectivity index is 2.03. The van der Waals surface area contributed by atoms with E-state index in [1.54, 1.807) is 0 Å². The monoisotopic (exact) mass is 190 g/mol. The smallest absolute Gasteiger partial charge is 0.110 e. The molecule has 0 aromatic rings. The molecule has 2 aliphatic carbocycles. The first-order valence-electron chi connectivity index (χ1n) is 5.72. The molecule has 5 atom stereocenters. The third-order valence-electron chi connectivity index (χ3n) is 4.60. The van der Waals surface area contributed by atoms with Gasteiger partial charge in [-0.15, -0.1) is 0 Å². The lowest BCUT2D eigenvalue weighted by Gasteiger charge is -2.31. The summed E-state index contributed by atoms with van der Waals surface area (Å²) in [5.74, 6) is 3.86. The van der Waals surface area contributed by atoms with E-state index in [0.29, 0.717) is 11.8 Å². The minimum absolute atomic E-state index is 0.0614. The number of rotatable bonds is 1. The van der Waals surface area contributed by atoms with Crippen LogP contribution in [-0.2, 0) is 4.74 Å². The van der Waals surface area contributed by atoms with Crippen LogP contribution in [0.5, 0.6) is 0 Å². The normalized spacial score (nSPS) is 53.7. The van der Waals surface area contributed by atoms with Crippen molar-refractivity contribution in [3.05, 3.63) is 24.5 Å². The minimum Gasteiger partial charge on any atom is -0.492 e. The van der Waals surface area contributed by atoms with Crippen LogP contribution >= 0.6 is 0 Å². The van der Waals surface area contributed by atoms with E-state index < -0.39 is 0 Å². The Morgan fingerprint density at radius 3 is 2.93 bits per heavy atom. The lowest BCUT2D eigenvalue weighted by atomic mass is 9.74. The molecule has 1 aliphatic heterocycles. The second kappa shape index (κ2) is 2.44. The van der Waals surface area contributed by atoms with Gasteiger partial charge in [0.2, 0.25) is 0 Å². The molecule has 0 spiro atoms. The first-order chi connectivity index (χ1) is 6.65. The third-order valence-corrected chi connectivity index (χ3v) is 4.60. The summed E-state index contributed by atoms with van der Waals surface area (Å²) in [5.41, 5.74) is 0.0614. The molecule has 1 heteroatoms. The number of allylic oxidation sites excluding steroid dienone is 3. The number of hydrogen-bond donors (Lipinski definition) is 0.